The van der Waals surface area contributed by atoms with Gasteiger partial charge in [0.1, 0.15) is 22.8 Å². The predicted octanol–water partition coefficient (Wildman–Crippen LogP) is 30.3. The lowest BCUT2D eigenvalue weighted by molar-refractivity contribution is -0.196. The van der Waals surface area contributed by atoms with E-state index < -0.39 is 33.9 Å². The summed E-state index contributed by atoms with van der Waals surface area (Å²) in [5.74, 6) is 7.30. The summed E-state index contributed by atoms with van der Waals surface area (Å²) in [6, 6.07) is 0. The summed E-state index contributed by atoms with van der Waals surface area (Å²) in [5.41, 5.74) is 21.8. The van der Waals surface area contributed by atoms with Crippen molar-refractivity contribution < 1.29 is 61.9 Å². The predicted molar refractivity (Wildman–Crippen MR) is 589 cm³/mol. The Bertz CT molecular complexity index is 5500. The summed E-state index contributed by atoms with van der Waals surface area (Å²) in [7, 11) is -0.275. The molecule has 9 saturated carbocycles. The van der Waals surface area contributed by atoms with Gasteiger partial charge in [-0.15, -0.1) is 0 Å². The van der Waals surface area contributed by atoms with Gasteiger partial charge in [-0.1, -0.05) is 187 Å². The molecule has 1 heterocycles. The maximum atomic E-state index is 13.8. The van der Waals surface area contributed by atoms with Crippen LogP contribution in [-0.2, 0) is 52.3 Å². The van der Waals surface area contributed by atoms with Gasteiger partial charge in [-0.3, -0.25) is 28.8 Å². The van der Waals surface area contributed by atoms with Gasteiger partial charge in [-0.25, -0.2) is 9.59 Å². The van der Waals surface area contributed by atoms with Gasteiger partial charge in [0.05, 0.1) is 34.8 Å². The van der Waals surface area contributed by atoms with Crippen molar-refractivity contribution in [3.05, 3.63) is 103 Å². The van der Waals surface area contributed by atoms with Crippen molar-refractivity contribution in [3.8, 4) is 0 Å². The number of Topliss-reactive ketones (excluding diaryl/α,β-unsaturated/α-hetero) is 5. The minimum absolute atomic E-state index is 0.0128. The molecule has 0 spiro atoms. The fraction of sp³-hybridized carbons (Fsp3) is 0.798. The first-order chi connectivity index (χ1) is 67.4. The van der Waals surface area contributed by atoms with Crippen molar-refractivity contribution in [2.24, 2.45) is 159 Å². The summed E-state index contributed by atoms with van der Waals surface area (Å²) in [6.07, 6.45) is 47.2. The molecular formula is C129H198BN3O13. The minimum atomic E-state index is -0.632. The van der Waals surface area contributed by atoms with E-state index in [1.165, 1.54) is 98.5 Å². The second-order valence-electron chi connectivity index (χ2n) is 59.3. The molecule has 0 aromatic heterocycles. The van der Waals surface area contributed by atoms with Crippen LogP contribution in [0.25, 0.3) is 0 Å². The number of hydrogen-bond donors (Lipinski definition) is 3. The van der Waals surface area contributed by atoms with Gasteiger partial charge in [-0.2, -0.15) is 0 Å². The Kier molecular flexibility index (Phi) is 29.5. The molecule has 19 rings (SSSR count). The van der Waals surface area contributed by atoms with Crippen molar-refractivity contribution in [1.82, 2.24) is 10.6 Å². The number of amides is 2. The van der Waals surface area contributed by atoms with Crippen molar-refractivity contribution in [3.63, 3.8) is 0 Å². The Morgan fingerprint density at radius 3 is 1.09 bits per heavy atom. The number of rotatable bonds is 12. The topological polar surface area (TPSA) is 233 Å². The third-order valence-electron chi connectivity index (χ3n) is 47.3. The molecule has 810 valence electrons. The SMILES string of the molecule is CC(=O)C1CC=C(C2=CC[C@]3(C)[C@H]4CC[C@@H]5C6=C(C(C)C)C(=O)C[C@]6(N)CC[C@@]5(C)[C@]4(C)CC[C@H]3C2(C)C)CC1.CC(=O)C1CC=C(C2=CC[C@]3(C)[C@H]4CC[C@@H]5C6=C(C(C)C)C(=O)C[C@]6(NC(=O)OC(C)(C)C)CC[C@@]5(C)[C@]4(C)CC[C@H]3C2(C)C)CC1.CC1=CC[C@]2(C)[C@H]3CC[C@@H]4C5=C(C(C)C)C(=O)C[C@]5(NC(=O)OC(C)(C)C)CC[C@@]4(C)[C@]3(C)CC[C@H]2C1(C)C.CCOC(=O)C1CC=C(B2OC(C)(C)C(C)(C)O2)CC1. The third-order valence-corrected chi connectivity index (χ3v) is 47.3. The minimum Gasteiger partial charge on any atom is -0.466 e. The molecule has 146 heavy (non-hydrogen) atoms. The van der Waals surface area contributed by atoms with Crippen molar-refractivity contribution >= 4 is 54.2 Å². The highest BCUT2D eigenvalue weighted by Gasteiger charge is 2.75. The van der Waals surface area contributed by atoms with Crippen molar-refractivity contribution in [2.75, 3.05) is 6.61 Å². The molecule has 0 aromatic carbocycles. The average Bonchev–Trinajstić information content (AvgIpc) is 1.20. The fourth-order valence-electron chi connectivity index (χ4n) is 38.6. The first-order valence-electron chi connectivity index (χ1n) is 58.7. The van der Waals surface area contributed by atoms with Crippen LogP contribution in [0.4, 0.5) is 9.59 Å². The summed E-state index contributed by atoms with van der Waals surface area (Å²) >= 11 is 0. The lowest BCUT2D eigenvalue weighted by Crippen LogP contribution is -2.66. The van der Waals surface area contributed by atoms with Gasteiger partial charge in [0, 0.05) is 36.6 Å². The molecule has 0 radical (unpaired) electrons. The Labute approximate surface area is 883 Å². The van der Waals surface area contributed by atoms with Gasteiger partial charge in [0.2, 0.25) is 0 Å². The van der Waals surface area contributed by atoms with Gasteiger partial charge >= 0.3 is 25.3 Å². The molecule has 24 atom stereocenters. The van der Waals surface area contributed by atoms with Crippen LogP contribution in [0.5, 0.6) is 0 Å². The number of hydrogen-bond acceptors (Lipinski definition) is 14. The molecule has 0 aromatic rings. The first kappa shape index (κ1) is 113. The normalized spacial score (nSPS) is 41.3. The third kappa shape index (κ3) is 18.1. The molecule has 0 bridgehead atoms. The highest BCUT2D eigenvalue weighted by molar-refractivity contribution is 6.54. The van der Waals surface area contributed by atoms with Gasteiger partial charge in [0.15, 0.2) is 17.3 Å². The second-order valence-corrected chi connectivity index (χ2v) is 59.3. The largest absolute Gasteiger partial charge is 0.490 e. The Hall–Kier alpha value is -6.04. The van der Waals surface area contributed by atoms with E-state index in [0.29, 0.717) is 96.0 Å². The average molecular weight is 2010 g/mol. The van der Waals surface area contributed by atoms with E-state index in [4.69, 9.17) is 29.3 Å². The zero-order valence-electron chi connectivity index (χ0n) is 98.1. The van der Waals surface area contributed by atoms with E-state index in [0.717, 1.165) is 144 Å². The number of nitrogens with one attached hydrogen (secondary N) is 2. The molecule has 4 N–H and O–H groups in total. The van der Waals surface area contributed by atoms with Crippen LogP contribution in [0.1, 0.15) is 454 Å². The zero-order valence-corrected chi connectivity index (χ0v) is 98.1. The van der Waals surface area contributed by atoms with E-state index in [-0.39, 0.29) is 143 Å². The number of allylic oxidation sites excluding steroid dienone is 15. The summed E-state index contributed by atoms with van der Waals surface area (Å²) in [5, 5.41) is 6.66. The monoisotopic (exact) mass is 2010 g/mol. The number of ketones is 5. The van der Waals surface area contributed by atoms with Crippen LogP contribution < -0.4 is 16.4 Å². The van der Waals surface area contributed by atoms with Crippen LogP contribution in [-0.4, -0.2) is 99.8 Å². The van der Waals surface area contributed by atoms with E-state index in [1.807, 2.05) is 48.5 Å². The first-order valence-corrected chi connectivity index (χ1v) is 58.7. The highest BCUT2D eigenvalue weighted by Crippen LogP contribution is 2.81. The molecule has 3 unspecified atom stereocenters. The lowest BCUT2D eigenvalue weighted by atomic mass is 9.33. The Morgan fingerprint density at radius 2 is 0.747 bits per heavy atom. The fourth-order valence-corrected chi connectivity index (χ4v) is 38.6. The van der Waals surface area contributed by atoms with E-state index in [1.54, 1.807) is 30.6 Å². The van der Waals surface area contributed by atoms with Crippen molar-refractivity contribution in [2.45, 2.75) is 493 Å². The molecule has 18 aliphatic carbocycles. The van der Waals surface area contributed by atoms with Crippen LogP contribution in [0.15, 0.2) is 103 Å². The maximum absolute atomic E-state index is 13.8. The van der Waals surface area contributed by atoms with Crippen LogP contribution >= 0.6 is 0 Å². The molecule has 1 saturated heterocycles. The van der Waals surface area contributed by atoms with E-state index in [2.05, 4.69) is 227 Å². The number of nitrogens with two attached hydrogens (primary N) is 1. The van der Waals surface area contributed by atoms with Gasteiger partial charge in [-0.05, 0) is 487 Å². The van der Waals surface area contributed by atoms with Gasteiger partial charge < -0.3 is 39.9 Å². The molecule has 10 fully saturated rings. The number of carbonyl (C=O) groups excluding carboxylic acids is 8. The highest BCUT2D eigenvalue weighted by atomic mass is 16.7. The lowest BCUT2D eigenvalue weighted by Gasteiger charge is -2.71. The van der Waals surface area contributed by atoms with Crippen LogP contribution in [0.3, 0.4) is 0 Å². The van der Waals surface area contributed by atoms with Gasteiger partial charge in [0.25, 0.3) is 0 Å². The summed E-state index contributed by atoms with van der Waals surface area (Å²) < 4.78 is 28.7. The maximum Gasteiger partial charge on any atom is 0.490 e. The summed E-state index contributed by atoms with van der Waals surface area (Å²) in [6.45, 7) is 79.4. The number of fused-ring (bicyclic) bond motifs is 21. The van der Waals surface area contributed by atoms with Crippen molar-refractivity contribution in [1.29, 1.82) is 0 Å². The number of esters is 1. The number of alkyl carbamates (subject to hydrolysis) is 2. The standard InChI is InChI=1S/C42H63NO4.C37H55NO2.C35H55NO3.C15H25BO4/c1-25(2)34-31(45)24-42(43-36(46)47-37(4,5)6)23-22-40(10)30(35(34)42)16-17-33-39(9)20-18-29(28-14-12-27(13-15-28)26(3)44)38(7,8)32(39)19-21-41(33,40)11;1-22(2)31-28(40)21-37(38)20-19-35(7)27(32(31)37)13-14-30-34(6)17-15-26(25-11-9-24(10-12-25)23(3)39)33(4,5)29(34)16-18-36(30,35)8;1-21(2)27-24(37)20-35(36-29(38)39-30(4,5)6)19-18-33(10)23(28(27)35)12-13-26-32(9)16-14-22(3)31(7,8)25(32)15-17-34(26,33)11;1-6-18-13(17)11-7-9-12(10-8-11)16-19-14(2,3)15(4,5)20-16/h14,18,25,27,30,32-33H,12-13,15-17,19-24H2,1-11H3,(H,43,46);11,15,22,24,27,29-30H,9-10,12-14,16-21,38H2,1-8H3;14,21,23,25-26H,12-13,15-20H2,1-11H3,(H,36,38);9,11H,6-8,10H2,1-5H3/t27?,30-,32+,33-,39+,40-,41-,42-;24?,27-,29+,30-,34+,35-,36-,37-;23-,25+,26-,32+,33-,34-,35-;/m111./s1. The number of carbonyl (C=O) groups is 8. The molecule has 16 nitrogen and oxygen atoms in total. The Morgan fingerprint density at radius 1 is 0.404 bits per heavy atom. The molecular weight excluding hydrogens is 1810 g/mol. The molecule has 1 aliphatic heterocycles. The number of ether oxygens (including phenoxy) is 3. The summed E-state index contributed by atoms with van der Waals surface area (Å²) in [4.78, 5) is 103. The van der Waals surface area contributed by atoms with E-state index >= 15 is 0 Å². The molecule has 2 amide bonds. The Balaban J connectivity index is 0.000000144. The van der Waals surface area contributed by atoms with Crippen LogP contribution in [0, 0.1) is 154 Å². The van der Waals surface area contributed by atoms with Crippen LogP contribution in [0.2, 0.25) is 0 Å². The quantitative estimate of drug-likeness (QED) is 0.0714. The zero-order chi connectivity index (χ0) is 108. The molecule has 19 aliphatic rings. The second kappa shape index (κ2) is 38.3. The molecule has 17 heteroatoms. The smallest absolute Gasteiger partial charge is 0.466 e. The van der Waals surface area contributed by atoms with E-state index in [9.17, 15) is 38.4 Å².